The second-order valence-corrected chi connectivity index (χ2v) is 8.38. The third kappa shape index (κ3) is 3.43. The number of nitrogens with two attached hydrogens (primary N) is 1. The predicted octanol–water partition coefficient (Wildman–Crippen LogP) is 2.08. The van der Waals surface area contributed by atoms with Crippen molar-refractivity contribution in [1.82, 2.24) is 20.6 Å². The molecular weight excluding hydrogens is 404 g/mol. The number of hydrazine groups is 1. The molecule has 2 aromatic rings. The highest BCUT2D eigenvalue weighted by molar-refractivity contribution is 6.32. The third-order valence-electron chi connectivity index (χ3n) is 6.46. The first kappa shape index (κ1) is 20.7. The minimum Gasteiger partial charge on any atom is -0.495 e. The lowest BCUT2D eigenvalue weighted by molar-refractivity contribution is -0.133. The van der Waals surface area contributed by atoms with E-state index in [-0.39, 0.29) is 29.7 Å². The highest BCUT2D eigenvalue weighted by Gasteiger charge is 2.43. The fraction of sp³-hybridized carbons (Fsp3) is 0.476. The lowest BCUT2D eigenvalue weighted by atomic mass is 9.68. The first-order valence-electron chi connectivity index (χ1n) is 10.0. The van der Waals surface area contributed by atoms with Gasteiger partial charge in [0.1, 0.15) is 5.75 Å². The molecule has 0 radical (unpaired) electrons. The van der Waals surface area contributed by atoms with E-state index in [0.717, 1.165) is 36.1 Å². The Bertz CT molecular complexity index is 1010. The van der Waals surface area contributed by atoms with Crippen molar-refractivity contribution in [3.8, 4) is 23.1 Å². The molecule has 30 heavy (non-hydrogen) atoms. The van der Waals surface area contributed by atoms with Crippen LogP contribution < -0.4 is 21.3 Å². The molecule has 4 N–H and O–H groups in total. The predicted molar refractivity (Wildman–Crippen MR) is 113 cm³/mol. The Hall–Kier alpha value is -2.60. The van der Waals surface area contributed by atoms with E-state index in [1.807, 2.05) is 13.2 Å². The summed E-state index contributed by atoms with van der Waals surface area (Å²) in [7, 11) is 3.39. The third-order valence-corrected chi connectivity index (χ3v) is 6.76. The molecule has 1 aromatic carbocycles. The molecule has 1 saturated carbocycles. The van der Waals surface area contributed by atoms with E-state index in [0.29, 0.717) is 22.9 Å². The van der Waals surface area contributed by atoms with Crippen molar-refractivity contribution in [2.45, 2.75) is 31.2 Å². The number of aryl methyl sites for hydroxylation is 1. The van der Waals surface area contributed by atoms with Gasteiger partial charge in [-0.3, -0.25) is 14.9 Å². The number of hydrogen-bond acceptors (Lipinski definition) is 6. The summed E-state index contributed by atoms with van der Waals surface area (Å²) in [5, 5.41) is 14.7. The van der Waals surface area contributed by atoms with Crippen molar-refractivity contribution in [2.75, 3.05) is 13.7 Å². The van der Waals surface area contributed by atoms with Crippen LogP contribution in [0.2, 0.25) is 5.02 Å². The van der Waals surface area contributed by atoms with E-state index in [4.69, 9.17) is 22.1 Å². The van der Waals surface area contributed by atoms with Crippen molar-refractivity contribution in [3.05, 3.63) is 34.5 Å². The molecule has 0 bridgehead atoms. The Kier molecular flexibility index (Phi) is 5.69. The van der Waals surface area contributed by atoms with Crippen molar-refractivity contribution in [1.29, 1.82) is 5.26 Å². The maximum atomic E-state index is 12.3. The number of hydrogen-bond donors (Lipinski definition) is 3. The van der Waals surface area contributed by atoms with E-state index >= 15 is 0 Å². The molecule has 2 aliphatic rings. The number of ether oxygens (including phenoxy) is 1. The summed E-state index contributed by atoms with van der Waals surface area (Å²) in [6.45, 7) is 0.459. The fourth-order valence-corrected chi connectivity index (χ4v) is 5.18. The molecule has 1 aromatic heterocycles. The molecule has 4 rings (SSSR count). The zero-order valence-electron chi connectivity index (χ0n) is 17.0. The summed E-state index contributed by atoms with van der Waals surface area (Å²) in [6.07, 6.45) is 4.36. The molecule has 0 spiro atoms. The molecule has 158 valence electrons. The highest BCUT2D eigenvalue weighted by Crippen LogP contribution is 2.45. The SMILES string of the molecule is COc1cc(C#N)c(-c2c(C3CCC4C(=O)NNC(CN)C4C3)cnn2C)cc1Cl. The van der Waals surface area contributed by atoms with Crippen LogP contribution in [0.15, 0.2) is 18.3 Å². The number of amides is 1. The number of aromatic nitrogens is 2. The maximum Gasteiger partial charge on any atom is 0.237 e. The topological polar surface area (TPSA) is 118 Å². The number of benzene rings is 1. The summed E-state index contributed by atoms with van der Waals surface area (Å²) in [4.78, 5) is 12.3. The number of carbonyl (C=O) groups excluding carboxylic acids is 1. The molecule has 1 amide bonds. The number of nitriles is 1. The quantitative estimate of drug-likeness (QED) is 0.686. The van der Waals surface area contributed by atoms with Crippen molar-refractivity contribution < 1.29 is 9.53 Å². The zero-order valence-corrected chi connectivity index (χ0v) is 17.7. The van der Waals surface area contributed by atoms with Crippen LogP contribution >= 0.6 is 11.6 Å². The maximum absolute atomic E-state index is 12.3. The molecular formula is C21H25ClN6O2. The molecule has 2 heterocycles. The number of rotatable bonds is 4. The molecule has 1 aliphatic carbocycles. The lowest BCUT2D eigenvalue weighted by Crippen LogP contribution is -2.62. The van der Waals surface area contributed by atoms with Crippen LogP contribution in [0.4, 0.5) is 0 Å². The second kappa shape index (κ2) is 8.26. The number of carbonyl (C=O) groups is 1. The van der Waals surface area contributed by atoms with Crippen LogP contribution in [0.1, 0.15) is 36.3 Å². The van der Waals surface area contributed by atoms with Crippen LogP contribution in [0.25, 0.3) is 11.3 Å². The van der Waals surface area contributed by atoms with Crippen LogP contribution in [-0.4, -0.2) is 35.4 Å². The summed E-state index contributed by atoms with van der Waals surface area (Å²) >= 11 is 6.38. The molecule has 1 aliphatic heterocycles. The van der Waals surface area contributed by atoms with Gasteiger partial charge in [0.2, 0.25) is 5.91 Å². The molecule has 4 atom stereocenters. The van der Waals surface area contributed by atoms with E-state index in [1.54, 1.807) is 16.8 Å². The average molecular weight is 429 g/mol. The van der Waals surface area contributed by atoms with Gasteiger partial charge in [0.05, 0.1) is 35.7 Å². The van der Waals surface area contributed by atoms with Gasteiger partial charge in [-0.15, -0.1) is 0 Å². The first-order valence-corrected chi connectivity index (χ1v) is 10.4. The normalized spacial score (nSPS) is 25.9. The summed E-state index contributed by atoms with van der Waals surface area (Å²) in [5.74, 6) is 0.852. The van der Waals surface area contributed by atoms with Gasteiger partial charge in [0.25, 0.3) is 0 Å². The molecule has 4 unspecified atom stereocenters. The van der Waals surface area contributed by atoms with Gasteiger partial charge in [-0.25, -0.2) is 5.43 Å². The minimum atomic E-state index is -0.0266. The Balaban J connectivity index is 1.73. The van der Waals surface area contributed by atoms with Gasteiger partial charge in [-0.05, 0) is 37.2 Å². The van der Waals surface area contributed by atoms with E-state index in [9.17, 15) is 10.1 Å². The van der Waals surface area contributed by atoms with E-state index in [1.165, 1.54) is 7.11 Å². The van der Waals surface area contributed by atoms with Crippen LogP contribution in [0.5, 0.6) is 5.75 Å². The molecule has 2 fully saturated rings. The molecule has 8 nitrogen and oxygen atoms in total. The number of halogens is 1. The Morgan fingerprint density at radius 1 is 1.43 bits per heavy atom. The Morgan fingerprint density at radius 2 is 2.23 bits per heavy atom. The molecule has 9 heteroatoms. The first-order chi connectivity index (χ1) is 14.5. The average Bonchev–Trinajstić information content (AvgIpc) is 3.14. The smallest absolute Gasteiger partial charge is 0.237 e. The summed E-state index contributed by atoms with van der Waals surface area (Å²) in [6, 6.07) is 5.72. The number of nitrogens with one attached hydrogen (secondary N) is 2. The monoisotopic (exact) mass is 428 g/mol. The molecule has 1 saturated heterocycles. The van der Waals surface area contributed by atoms with Gasteiger partial charge in [-0.2, -0.15) is 10.4 Å². The number of fused-ring (bicyclic) bond motifs is 1. The Morgan fingerprint density at radius 3 is 2.93 bits per heavy atom. The number of methoxy groups -OCH3 is 1. The largest absolute Gasteiger partial charge is 0.495 e. The van der Waals surface area contributed by atoms with Gasteiger partial charge in [0, 0.05) is 42.7 Å². The summed E-state index contributed by atoms with van der Waals surface area (Å²) in [5.41, 5.74) is 14.9. The summed E-state index contributed by atoms with van der Waals surface area (Å²) < 4.78 is 7.05. The highest BCUT2D eigenvalue weighted by atomic mass is 35.5. The standard InChI is InChI=1S/C21H25ClN6O2/c1-28-20(14-7-17(22)19(30-2)6-12(14)8-23)16(10-25-28)11-3-4-13-15(5-11)18(9-24)26-27-21(13)29/h6-7,10-11,13,15,18,26H,3-5,9,24H2,1-2H3,(H,27,29). The van der Waals surface area contributed by atoms with Gasteiger partial charge in [0.15, 0.2) is 0 Å². The lowest BCUT2D eigenvalue weighted by Gasteiger charge is -2.43. The van der Waals surface area contributed by atoms with Crippen LogP contribution in [-0.2, 0) is 11.8 Å². The van der Waals surface area contributed by atoms with E-state index < -0.39 is 0 Å². The van der Waals surface area contributed by atoms with Gasteiger partial charge < -0.3 is 10.5 Å². The minimum absolute atomic E-state index is 0.0266. The second-order valence-electron chi connectivity index (χ2n) is 7.97. The Labute approximate surface area is 180 Å². The van der Waals surface area contributed by atoms with Crippen molar-refractivity contribution in [3.63, 3.8) is 0 Å². The van der Waals surface area contributed by atoms with Crippen LogP contribution in [0, 0.1) is 23.2 Å². The van der Waals surface area contributed by atoms with Crippen LogP contribution in [0.3, 0.4) is 0 Å². The van der Waals surface area contributed by atoms with Crippen molar-refractivity contribution in [2.24, 2.45) is 24.6 Å². The van der Waals surface area contributed by atoms with Gasteiger partial charge in [-0.1, -0.05) is 11.6 Å². The zero-order chi connectivity index (χ0) is 21.4. The van der Waals surface area contributed by atoms with E-state index in [2.05, 4.69) is 22.0 Å². The van der Waals surface area contributed by atoms with Crippen molar-refractivity contribution >= 4 is 17.5 Å². The van der Waals surface area contributed by atoms with Gasteiger partial charge >= 0.3 is 0 Å². The number of nitrogens with zero attached hydrogens (tertiary/aromatic N) is 3. The fourth-order valence-electron chi connectivity index (χ4n) is 4.94.